The highest BCUT2D eigenvalue weighted by atomic mass is 32.2. The molecule has 2 fully saturated rings. The van der Waals surface area contributed by atoms with Crippen LogP contribution in [0.15, 0.2) is 23.1 Å². The number of rotatable bonds is 6. The molecule has 172 valence electrons. The van der Waals surface area contributed by atoms with Crippen LogP contribution in [0.3, 0.4) is 0 Å². The number of anilines is 1. The Morgan fingerprint density at radius 3 is 2.23 bits per heavy atom. The Balaban J connectivity index is 1.61. The molecule has 9 nitrogen and oxygen atoms in total. The summed E-state index contributed by atoms with van der Waals surface area (Å²) in [7, 11) is -2.26. The molecule has 1 N–H and O–H groups in total. The number of ether oxygens (including phenoxy) is 1. The van der Waals surface area contributed by atoms with Crippen LogP contribution in [0, 0.1) is 0 Å². The standard InChI is InChI=1S/C21H32N4O5S/c1-17(26)22-19-15-18(7-8-20(19)30-2)31(28,29)25-13-11-23(12-14-25)16-21(27)24-9-5-3-4-6-10-24/h7-8,15H,3-6,9-14,16H2,1-2H3,(H,22,26). The minimum atomic E-state index is -3.72. The normalized spacial score (nSPS) is 19.0. The third-order valence-electron chi connectivity index (χ3n) is 5.77. The van der Waals surface area contributed by atoms with Crippen molar-refractivity contribution in [2.75, 3.05) is 58.2 Å². The van der Waals surface area contributed by atoms with Crippen molar-refractivity contribution in [2.45, 2.75) is 37.5 Å². The first-order valence-corrected chi connectivity index (χ1v) is 12.2. The lowest BCUT2D eigenvalue weighted by molar-refractivity contribution is -0.132. The van der Waals surface area contributed by atoms with Gasteiger partial charge in [0.05, 0.1) is 24.2 Å². The van der Waals surface area contributed by atoms with Gasteiger partial charge in [-0.15, -0.1) is 0 Å². The van der Waals surface area contributed by atoms with E-state index in [1.807, 2.05) is 9.80 Å². The lowest BCUT2D eigenvalue weighted by Gasteiger charge is -2.34. The predicted octanol–water partition coefficient (Wildman–Crippen LogP) is 1.36. The Kier molecular flexibility index (Phi) is 7.90. The van der Waals surface area contributed by atoms with E-state index in [1.165, 1.54) is 49.4 Å². The van der Waals surface area contributed by atoms with E-state index in [-0.39, 0.29) is 16.7 Å². The van der Waals surface area contributed by atoms with Crippen molar-refractivity contribution in [3.63, 3.8) is 0 Å². The summed E-state index contributed by atoms with van der Waals surface area (Å²) in [6, 6.07) is 4.44. The van der Waals surface area contributed by atoms with E-state index in [4.69, 9.17) is 4.74 Å². The number of nitrogens with one attached hydrogen (secondary N) is 1. The zero-order chi connectivity index (χ0) is 22.4. The van der Waals surface area contributed by atoms with Crippen LogP contribution < -0.4 is 10.1 Å². The second-order valence-corrected chi connectivity index (χ2v) is 9.96. The lowest BCUT2D eigenvalue weighted by atomic mass is 10.2. The molecule has 2 aliphatic rings. The Hall–Kier alpha value is -2.17. The van der Waals surface area contributed by atoms with Gasteiger partial charge < -0.3 is 15.0 Å². The molecule has 3 rings (SSSR count). The molecule has 0 unspecified atom stereocenters. The maximum atomic E-state index is 13.1. The van der Waals surface area contributed by atoms with Crippen molar-refractivity contribution in [1.29, 1.82) is 0 Å². The third-order valence-corrected chi connectivity index (χ3v) is 7.66. The van der Waals surface area contributed by atoms with Crippen LogP contribution >= 0.6 is 0 Å². The van der Waals surface area contributed by atoms with Crippen LogP contribution in [0.2, 0.25) is 0 Å². The summed E-state index contributed by atoms with van der Waals surface area (Å²) in [6.07, 6.45) is 4.46. The predicted molar refractivity (Wildman–Crippen MR) is 118 cm³/mol. The molecule has 0 radical (unpaired) electrons. The van der Waals surface area contributed by atoms with Gasteiger partial charge in [-0.3, -0.25) is 14.5 Å². The topological polar surface area (TPSA) is 99.3 Å². The van der Waals surface area contributed by atoms with Gasteiger partial charge in [0.15, 0.2) is 0 Å². The van der Waals surface area contributed by atoms with Crippen LogP contribution in [0.5, 0.6) is 5.75 Å². The van der Waals surface area contributed by atoms with Crippen molar-refractivity contribution < 1.29 is 22.7 Å². The first kappa shape index (κ1) is 23.5. The van der Waals surface area contributed by atoms with Crippen LogP contribution in [0.1, 0.15) is 32.6 Å². The minimum absolute atomic E-state index is 0.103. The summed E-state index contributed by atoms with van der Waals surface area (Å²) in [5, 5.41) is 2.61. The molecule has 0 atom stereocenters. The van der Waals surface area contributed by atoms with Crippen molar-refractivity contribution in [3.8, 4) is 5.75 Å². The Morgan fingerprint density at radius 1 is 1.00 bits per heavy atom. The van der Waals surface area contributed by atoms with Gasteiger partial charge in [0, 0.05) is 46.2 Å². The first-order chi connectivity index (χ1) is 14.8. The van der Waals surface area contributed by atoms with E-state index in [0.717, 1.165) is 25.9 Å². The fraction of sp³-hybridized carbons (Fsp3) is 0.619. The van der Waals surface area contributed by atoms with E-state index >= 15 is 0 Å². The van der Waals surface area contributed by atoms with E-state index in [0.29, 0.717) is 44.2 Å². The molecule has 2 aliphatic heterocycles. The zero-order valence-electron chi connectivity index (χ0n) is 18.3. The zero-order valence-corrected chi connectivity index (χ0v) is 19.1. The number of carbonyl (C=O) groups is 2. The molecule has 2 amide bonds. The lowest BCUT2D eigenvalue weighted by Crippen LogP contribution is -2.51. The number of piperazine rings is 1. The molecule has 0 bridgehead atoms. The molecule has 0 spiro atoms. The second-order valence-electron chi connectivity index (χ2n) is 8.02. The number of likely N-dealkylation sites (tertiary alicyclic amines) is 1. The van der Waals surface area contributed by atoms with Gasteiger partial charge in [-0.05, 0) is 31.0 Å². The average molecular weight is 453 g/mol. The summed E-state index contributed by atoms with van der Waals surface area (Å²) in [6.45, 7) is 4.98. The maximum Gasteiger partial charge on any atom is 0.243 e. The summed E-state index contributed by atoms with van der Waals surface area (Å²) < 4.78 is 32.9. The number of carbonyl (C=O) groups excluding carboxylic acids is 2. The van der Waals surface area contributed by atoms with Gasteiger partial charge >= 0.3 is 0 Å². The Morgan fingerprint density at radius 2 is 1.65 bits per heavy atom. The largest absolute Gasteiger partial charge is 0.495 e. The fourth-order valence-corrected chi connectivity index (χ4v) is 5.47. The minimum Gasteiger partial charge on any atom is -0.495 e. The number of benzene rings is 1. The molecule has 0 aromatic heterocycles. The van der Waals surface area contributed by atoms with Gasteiger partial charge in [0.2, 0.25) is 21.8 Å². The quantitative estimate of drug-likeness (QED) is 0.700. The number of amides is 2. The molecule has 10 heteroatoms. The van der Waals surface area contributed by atoms with E-state index < -0.39 is 10.0 Å². The van der Waals surface area contributed by atoms with Gasteiger partial charge in [0.1, 0.15) is 5.75 Å². The van der Waals surface area contributed by atoms with E-state index in [2.05, 4.69) is 5.32 Å². The van der Waals surface area contributed by atoms with Crippen molar-refractivity contribution in [1.82, 2.24) is 14.1 Å². The SMILES string of the molecule is COc1ccc(S(=O)(=O)N2CCN(CC(=O)N3CCCCCC3)CC2)cc1NC(C)=O. The van der Waals surface area contributed by atoms with Crippen molar-refractivity contribution in [3.05, 3.63) is 18.2 Å². The monoisotopic (exact) mass is 452 g/mol. The molecule has 1 aromatic carbocycles. The summed E-state index contributed by atoms with van der Waals surface area (Å²) in [4.78, 5) is 28.1. The van der Waals surface area contributed by atoms with Gasteiger partial charge in [0.25, 0.3) is 0 Å². The molecule has 31 heavy (non-hydrogen) atoms. The Labute approximate surface area is 184 Å². The highest BCUT2D eigenvalue weighted by Crippen LogP contribution is 2.29. The second kappa shape index (κ2) is 10.4. The van der Waals surface area contributed by atoms with E-state index in [1.54, 1.807) is 0 Å². The number of hydrogen-bond donors (Lipinski definition) is 1. The summed E-state index contributed by atoms with van der Waals surface area (Å²) in [5.41, 5.74) is 0.317. The smallest absolute Gasteiger partial charge is 0.243 e. The maximum absolute atomic E-state index is 13.1. The molecule has 2 heterocycles. The summed E-state index contributed by atoms with van der Waals surface area (Å²) >= 11 is 0. The summed E-state index contributed by atoms with van der Waals surface area (Å²) in [5.74, 6) is 0.217. The molecular formula is C21H32N4O5S. The van der Waals surface area contributed by atoms with Crippen molar-refractivity contribution >= 4 is 27.5 Å². The number of sulfonamides is 1. The highest BCUT2D eigenvalue weighted by molar-refractivity contribution is 7.89. The first-order valence-electron chi connectivity index (χ1n) is 10.8. The molecular weight excluding hydrogens is 420 g/mol. The van der Waals surface area contributed by atoms with Crippen LogP contribution in [0.4, 0.5) is 5.69 Å². The van der Waals surface area contributed by atoms with Crippen LogP contribution in [-0.4, -0.2) is 87.3 Å². The average Bonchev–Trinajstić information content (AvgIpc) is 3.03. The molecule has 0 aliphatic carbocycles. The van der Waals surface area contributed by atoms with Gasteiger partial charge in [-0.1, -0.05) is 12.8 Å². The van der Waals surface area contributed by atoms with Gasteiger partial charge in [-0.2, -0.15) is 4.31 Å². The van der Waals surface area contributed by atoms with Crippen molar-refractivity contribution in [2.24, 2.45) is 0 Å². The van der Waals surface area contributed by atoms with Crippen LogP contribution in [-0.2, 0) is 19.6 Å². The highest BCUT2D eigenvalue weighted by Gasteiger charge is 2.30. The molecule has 1 aromatic rings. The molecule has 2 saturated heterocycles. The molecule has 0 saturated carbocycles. The fourth-order valence-electron chi connectivity index (χ4n) is 4.02. The van der Waals surface area contributed by atoms with Crippen LogP contribution in [0.25, 0.3) is 0 Å². The number of methoxy groups -OCH3 is 1. The van der Waals surface area contributed by atoms with E-state index in [9.17, 15) is 18.0 Å². The van der Waals surface area contributed by atoms with Gasteiger partial charge in [-0.25, -0.2) is 8.42 Å². The number of hydrogen-bond acceptors (Lipinski definition) is 6. The number of nitrogens with zero attached hydrogens (tertiary/aromatic N) is 3. The Bertz CT molecular complexity index is 889. The third kappa shape index (κ3) is 5.96.